The van der Waals surface area contributed by atoms with Crippen LogP contribution in [-0.2, 0) is 20.4 Å². The first-order valence-electron chi connectivity index (χ1n) is 13.0. The van der Waals surface area contributed by atoms with Gasteiger partial charge in [0.25, 0.3) is 0 Å². The normalized spacial score (nSPS) is 21.5. The summed E-state index contributed by atoms with van der Waals surface area (Å²) in [6, 6.07) is 12.3. The van der Waals surface area contributed by atoms with Crippen molar-refractivity contribution in [2.24, 2.45) is 0 Å². The van der Waals surface area contributed by atoms with Crippen molar-refractivity contribution in [3.8, 4) is 17.2 Å². The summed E-state index contributed by atoms with van der Waals surface area (Å²) in [7, 11) is 0. The van der Waals surface area contributed by atoms with Crippen LogP contribution in [0.3, 0.4) is 0 Å². The molecule has 0 saturated carbocycles. The van der Waals surface area contributed by atoms with Crippen LogP contribution in [0.25, 0.3) is 0 Å². The van der Waals surface area contributed by atoms with E-state index in [1.54, 1.807) is 6.07 Å². The lowest BCUT2D eigenvalue weighted by molar-refractivity contribution is -0.139. The van der Waals surface area contributed by atoms with Gasteiger partial charge in [-0.05, 0) is 143 Å². The molecule has 3 aromatic rings. The van der Waals surface area contributed by atoms with Gasteiger partial charge in [-0.1, -0.05) is 6.07 Å². The Morgan fingerprint density at radius 1 is 0.643 bits per heavy atom. The summed E-state index contributed by atoms with van der Waals surface area (Å²) in [6.45, 7) is 2.87. The van der Waals surface area contributed by atoms with Gasteiger partial charge >= 0.3 is 6.18 Å². The molecule has 6 rings (SSSR count). The molecule has 13 heteroatoms. The fraction of sp³-hybridized carbons (Fsp3) is 0.379. The first-order chi connectivity index (χ1) is 20.1. The van der Waals surface area contributed by atoms with Gasteiger partial charge in [0.2, 0.25) is 0 Å². The molecule has 0 spiro atoms. The predicted molar refractivity (Wildman–Crippen MR) is 182 cm³/mol. The van der Waals surface area contributed by atoms with E-state index in [2.05, 4.69) is 90.4 Å². The molecule has 0 aromatic heterocycles. The minimum atomic E-state index is -4.60. The zero-order chi connectivity index (χ0) is 29.6. The minimum Gasteiger partial charge on any atom is -0.490 e. The van der Waals surface area contributed by atoms with Crippen molar-refractivity contribution in [2.75, 3.05) is 39.6 Å². The van der Waals surface area contributed by atoms with Gasteiger partial charge in [0.15, 0.2) is 0 Å². The number of rotatable bonds is 12. The Morgan fingerprint density at radius 3 is 1.43 bits per heavy atom. The summed E-state index contributed by atoms with van der Waals surface area (Å²) in [5.41, 5.74) is 1.38. The number of epoxide rings is 3. The Morgan fingerprint density at radius 2 is 1.05 bits per heavy atom. The molecule has 3 aliphatic rings. The number of ether oxygens (including phenoxy) is 6. The van der Waals surface area contributed by atoms with Crippen LogP contribution in [-0.4, -0.2) is 58.0 Å². The van der Waals surface area contributed by atoms with Gasteiger partial charge in [-0.2, -0.15) is 13.2 Å². The lowest BCUT2D eigenvalue weighted by atomic mass is 9.84. The molecular formula is C29H23F3I4O6. The summed E-state index contributed by atoms with van der Waals surface area (Å²) in [5.74, 6) is 0.779. The molecule has 3 aliphatic heterocycles. The molecule has 3 unspecified atom stereocenters. The molecule has 0 aliphatic carbocycles. The van der Waals surface area contributed by atoms with Gasteiger partial charge in [-0.15, -0.1) is 0 Å². The molecule has 3 fully saturated rings. The van der Waals surface area contributed by atoms with E-state index in [9.17, 15) is 13.2 Å². The van der Waals surface area contributed by atoms with Crippen molar-refractivity contribution in [3.63, 3.8) is 0 Å². The lowest BCUT2D eigenvalue weighted by Gasteiger charge is -2.24. The van der Waals surface area contributed by atoms with E-state index in [4.69, 9.17) is 28.4 Å². The number of alkyl halides is 3. The van der Waals surface area contributed by atoms with Crippen molar-refractivity contribution in [2.45, 2.75) is 30.4 Å². The van der Waals surface area contributed by atoms with Crippen LogP contribution in [0, 0.1) is 14.3 Å². The number of halogens is 7. The van der Waals surface area contributed by atoms with Crippen LogP contribution in [0.2, 0.25) is 0 Å². The monoisotopic (exact) mass is 1030 g/mol. The molecule has 3 atom stereocenters. The van der Waals surface area contributed by atoms with E-state index in [0.29, 0.717) is 38.6 Å². The third-order valence-corrected chi connectivity index (χ3v) is 10.0. The van der Waals surface area contributed by atoms with Crippen molar-refractivity contribution < 1.29 is 41.6 Å². The predicted octanol–water partition coefficient (Wildman–Crippen LogP) is 7.64. The Hall–Kier alpha value is -0.350. The van der Waals surface area contributed by atoms with Gasteiger partial charge < -0.3 is 28.4 Å². The fourth-order valence-corrected chi connectivity index (χ4v) is 8.70. The van der Waals surface area contributed by atoms with E-state index in [-0.39, 0.29) is 30.7 Å². The van der Waals surface area contributed by atoms with E-state index < -0.39 is 17.7 Å². The van der Waals surface area contributed by atoms with Crippen LogP contribution in [0.15, 0.2) is 42.5 Å². The van der Waals surface area contributed by atoms with Crippen LogP contribution in [0.4, 0.5) is 13.2 Å². The van der Waals surface area contributed by atoms with Gasteiger partial charge in [0, 0.05) is 5.92 Å². The highest BCUT2D eigenvalue weighted by molar-refractivity contribution is 14.1. The molecule has 3 saturated heterocycles. The van der Waals surface area contributed by atoms with E-state index >= 15 is 0 Å². The first-order valence-corrected chi connectivity index (χ1v) is 17.3. The van der Waals surface area contributed by atoms with Crippen LogP contribution < -0.4 is 14.2 Å². The SMILES string of the molecule is FC(F)(F)c1cc(C(c2cc(I)c(OCC3CO3)c(I)c2)c2cc(I)c(OCC3CO3)c(I)c2)ccc1OCC1CO1. The molecule has 6 nitrogen and oxygen atoms in total. The van der Waals surface area contributed by atoms with Crippen LogP contribution in [0.5, 0.6) is 17.2 Å². The second kappa shape index (κ2) is 13.2. The van der Waals surface area contributed by atoms with E-state index in [1.807, 2.05) is 24.3 Å². The summed E-state index contributed by atoms with van der Waals surface area (Å²) in [4.78, 5) is 0. The molecule has 0 bridgehead atoms. The van der Waals surface area contributed by atoms with Crippen molar-refractivity contribution in [1.82, 2.24) is 0 Å². The molecule has 3 aromatic carbocycles. The molecule has 0 radical (unpaired) electrons. The maximum Gasteiger partial charge on any atom is 0.419 e. The summed E-state index contributed by atoms with van der Waals surface area (Å²) >= 11 is 8.89. The van der Waals surface area contributed by atoms with Gasteiger partial charge in [0.1, 0.15) is 55.4 Å². The maximum absolute atomic E-state index is 14.3. The minimum absolute atomic E-state index is 0.0827. The molecule has 42 heavy (non-hydrogen) atoms. The number of hydrogen-bond donors (Lipinski definition) is 0. The second-order valence-corrected chi connectivity index (χ2v) is 14.8. The first kappa shape index (κ1) is 31.6. The summed E-state index contributed by atoms with van der Waals surface area (Å²) in [6.07, 6.45) is -4.55. The Bertz CT molecular complexity index is 1360. The number of hydrogen-bond acceptors (Lipinski definition) is 6. The largest absolute Gasteiger partial charge is 0.490 e. The van der Waals surface area contributed by atoms with Crippen molar-refractivity contribution in [3.05, 3.63) is 79.0 Å². The third kappa shape index (κ3) is 7.89. The van der Waals surface area contributed by atoms with Gasteiger partial charge in [-0.3, -0.25) is 0 Å². The molecule has 0 amide bonds. The Kier molecular flexibility index (Phi) is 9.92. The molecule has 3 heterocycles. The van der Waals surface area contributed by atoms with Gasteiger partial charge in [0.05, 0.1) is 39.7 Å². The highest BCUT2D eigenvalue weighted by Gasteiger charge is 2.37. The summed E-state index contributed by atoms with van der Waals surface area (Å²) in [5, 5.41) is 0. The maximum atomic E-state index is 14.3. The zero-order valence-corrected chi connectivity index (χ0v) is 30.3. The molecular weight excluding hydrogens is 1010 g/mol. The smallest absolute Gasteiger partial charge is 0.419 e. The van der Waals surface area contributed by atoms with E-state index in [1.165, 1.54) is 12.1 Å². The standard InChI is InChI=1S/C29H23F3I4O6/c30-29(31,32)20-3-14(1-2-25(20)40-11-17-8-37-17)26(15-4-21(33)27(22(34)5-15)41-12-18-9-38-18)16-6-23(35)28(24(36)7-16)42-13-19-10-39-19/h1-7,17-19,26H,8-13H2. The zero-order valence-electron chi connectivity index (χ0n) is 21.7. The quantitative estimate of drug-likeness (QED) is 0.106. The highest BCUT2D eigenvalue weighted by atomic mass is 127. The third-order valence-electron chi connectivity index (χ3n) is 6.81. The fourth-order valence-electron chi connectivity index (χ4n) is 4.45. The van der Waals surface area contributed by atoms with Crippen molar-refractivity contribution >= 4 is 90.4 Å². The molecule has 224 valence electrons. The number of benzene rings is 3. The Labute approximate surface area is 295 Å². The second-order valence-electron chi connectivity index (χ2n) is 10.1. The average molecular weight is 1030 g/mol. The lowest BCUT2D eigenvalue weighted by Crippen LogP contribution is -2.14. The van der Waals surface area contributed by atoms with E-state index in [0.717, 1.165) is 36.9 Å². The topological polar surface area (TPSA) is 65.3 Å². The van der Waals surface area contributed by atoms with Crippen molar-refractivity contribution in [1.29, 1.82) is 0 Å². The summed E-state index contributed by atoms with van der Waals surface area (Å²) < 4.78 is 79.8. The average Bonchev–Trinajstić information content (AvgIpc) is 3.77. The van der Waals surface area contributed by atoms with Crippen LogP contribution in [0.1, 0.15) is 28.2 Å². The van der Waals surface area contributed by atoms with Gasteiger partial charge in [-0.25, -0.2) is 0 Å². The Balaban J connectivity index is 1.42. The highest BCUT2D eigenvalue weighted by Crippen LogP contribution is 2.44. The molecule has 0 N–H and O–H groups in total. The van der Waals surface area contributed by atoms with Crippen LogP contribution >= 0.6 is 90.4 Å².